The highest BCUT2D eigenvalue weighted by Gasteiger charge is 2.32. The summed E-state index contributed by atoms with van der Waals surface area (Å²) in [5.41, 5.74) is 0. The number of aliphatic hydroxyl groups excluding tert-OH is 1. The highest BCUT2D eigenvalue weighted by molar-refractivity contribution is 5.79. The fourth-order valence-corrected chi connectivity index (χ4v) is 2.95. The van der Waals surface area contributed by atoms with Crippen LogP contribution in [0.3, 0.4) is 0 Å². The van der Waals surface area contributed by atoms with Gasteiger partial charge in [-0.1, -0.05) is 6.92 Å². The summed E-state index contributed by atoms with van der Waals surface area (Å²) in [4.78, 5) is 14.3. The molecule has 4 unspecified atom stereocenters. The minimum Gasteiger partial charge on any atom is -0.393 e. The smallest absolute Gasteiger partial charge is 0.225 e. The molecular weight excluding hydrogens is 216 g/mol. The Kier molecular flexibility index (Phi) is 4.05. The van der Waals surface area contributed by atoms with Crippen molar-refractivity contribution in [1.29, 1.82) is 0 Å². The highest BCUT2D eigenvalue weighted by atomic mass is 16.3. The summed E-state index contributed by atoms with van der Waals surface area (Å²) in [6.45, 7) is 6.56. The summed E-state index contributed by atoms with van der Waals surface area (Å²) < 4.78 is 0. The predicted molar refractivity (Wildman–Crippen MR) is 66.6 cm³/mol. The van der Waals surface area contributed by atoms with Crippen molar-refractivity contribution in [2.24, 2.45) is 11.8 Å². The average molecular weight is 240 g/mol. The van der Waals surface area contributed by atoms with Crippen LogP contribution in [0.1, 0.15) is 33.1 Å². The van der Waals surface area contributed by atoms with Crippen LogP contribution in [0.5, 0.6) is 0 Å². The van der Waals surface area contributed by atoms with Crippen molar-refractivity contribution in [2.75, 3.05) is 19.6 Å². The van der Waals surface area contributed by atoms with E-state index < -0.39 is 0 Å². The standard InChI is InChI=1S/C13H24N2O2/c1-9-8-15(6-4-12(9)16)13(17)11-3-5-14-10(2)7-11/h9-12,14,16H,3-8H2,1-2H3. The zero-order valence-corrected chi connectivity index (χ0v) is 10.9. The van der Waals surface area contributed by atoms with Crippen LogP contribution in [0.4, 0.5) is 0 Å². The second-order valence-electron chi connectivity index (χ2n) is 5.69. The number of carbonyl (C=O) groups is 1. The molecule has 1 amide bonds. The lowest BCUT2D eigenvalue weighted by Crippen LogP contribution is -2.49. The Bertz CT molecular complexity index is 283. The fourth-order valence-electron chi connectivity index (χ4n) is 2.95. The highest BCUT2D eigenvalue weighted by Crippen LogP contribution is 2.23. The Labute approximate surface area is 103 Å². The molecule has 0 saturated carbocycles. The first-order chi connectivity index (χ1) is 8.08. The van der Waals surface area contributed by atoms with Crippen LogP contribution in [0.2, 0.25) is 0 Å². The zero-order valence-electron chi connectivity index (χ0n) is 10.9. The van der Waals surface area contributed by atoms with Crippen molar-refractivity contribution >= 4 is 5.91 Å². The van der Waals surface area contributed by atoms with Gasteiger partial charge in [-0.2, -0.15) is 0 Å². The van der Waals surface area contributed by atoms with Crippen LogP contribution in [-0.4, -0.2) is 47.7 Å². The molecule has 0 aromatic carbocycles. The number of rotatable bonds is 1. The van der Waals surface area contributed by atoms with Gasteiger partial charge in [0, 0.05) is 25.0 Å². The molecule has 2 heterocycles. The number of nitrogens with one attached hydrogen (secondary N) is 1. The molecule has 4 nitrogen and oxygen atoms in total. The van der Waals surface area contributed by atoms with Crippen molar-refractivity contribution in [3.63, 3.8) is 0 Å². The number of carbonyl (C=O) groups excluding carboxylic acids is 1. The number of nitrogens with zero attached hydrogens (tertiary/aromatic N) is 1. The van der Waals surface area contributed by atoms with Crippen LogP contribution in [0.15, 0.2) is 0 Å². The van der Waals surface area contributed by atoms with E-state index in [-0.39, 0.29) is 17.9 Å². The molecule has 4 heteroatoms. The summed E-state index contributed by atoms with van der Waals surface area (Å²) in [6.07, 6.45) is 2.40. The molecule has 2 aliphatic heterocycles. The van der Waals surface area contributed by atoms with Crippen LogP contribution in [-0.2, 0) is 4.79 Å². The van der Waals surface area contributed by atoms with Gasteiger partial charge in [-0.15, -0.1) is 0 Å². The minimum atomic E-state index is -0.231. The zero-order chi connectivity index (χ0) is 12.4. The summed E-state index contributed by atoms with van der Waals surface area (Å²) in [5.74, 6) is 0.706. The van der Waals surface area contributed by atoms with Crippen molar-refractivity contribution in [3.05, 3.63) is 0 Å². The molecule has 0 radical (unpaired) electrons. The van der Waals surface area contributed by atoms with E-state index >= 15 is 0 Å². The van der Waals surface area contributed by atoms with Crippen molar-refractivity contribution in [1.82, 2.24) is 10.2 Å². The van der Waals surface area contributed by atoms with Gasteiger partial charge >= 0.3 is 0 Å². The Hall–Kier alpha value is -0.610. The van der Waals surface area contributed by atoms with Crippen molar-refractivity contribution in [2.45, 2.75) is 45.3 Å². The SMILES string of the molecule is CC1CC(C(=O)N2CCC(O)C(C)C2)CCN1. The van der Waals surface area contributed by atoms with E-state index in [2.05, 4.69) is 12.2 Å². The van der Waals surface area contributed by atoms with Crippen LogP contribution < -0.4 is 5.32 Å². The lowest BCUT2D eigenvalue weighted by molar-refractivity contribution is -0.140. The van der Waals surface area contributed by atoms with Gasteiger partial charge in [0.25, 0.3) is 0 Å². The molecule has 0 aromatic rings. The Balaban J connectivity index is 1.91. The predicted octanol–water partition coefficient (Wildman–Crippen LogP) is 0.604. The third kappa shape index (κ3) is 2.99. The molecule has 2 aliphatic rings. The van der Waals surface area contributed by atoms with E-state index in [4.69, 9.17) is 0 Å². The maximum absolute atomic E-state index is 12.4. The number of amides is 1. The summed E-state index contributed by atoms with van der Waals surface area (Å²) in [6, 6.07) is 0.450. The number of hydrogen-bond donors (Lipinski definition) is 2. The maximum atomic E-state index is 12.4. The summed E-state index contributed by atoms with van der Waals surface area (Å²) in [5, 5.41) is 13.1. The van der Waals surface area contributed by atoms with Gasteiger partial charge in [-0.25, -0.2) is 0 Å². The first-order valence-electron chi connectivity index (χ1n) is 6.78. The van der Waals surface area contributed by atoms with E-state index in [1.54, 1.807) is 0 Å². The number of aliphatic hydroxyl groups is 1. The molecule has 2 rings (SSSR count). The van der Waals surface area contributed by atoms with Crippen LogP contribution >= 0.6 is 0 Å². The largest absolute Gasteiger partial charge is 0.393 e. The number of likely N-dealkylation sites (tertiary alicyclic amines) is 1. The molecule has 17 heavy (non-hydrogen) atoms. The Morgan fingerprint density at radius 1 is 1.35 bits per heavy atom. The maximum Gasteiger partial charge on any atom is 0.225 e. The summed E-state index contributed by atoms with van der Waals surface area (Å²) >= 11 is 0. The Morgan fingerprint density at radius 2 is 2.12 bits per heavy atom. The van der Waals surface area contributed by atoms with Gasteiger partial charge in [-0.3, -0.25) is 4.79 Å². The van der Waals surface area contributed by atoms with Gasteiger partial charge in [0.05, 0.1) is 6.10 Å². The quantitative estimate of drug-likeness (QED) is 0.706. The average Bonchev–Trinajstić information content (AvgIpc) is 2.32. The number of hydrogen-bond acceptors (Lipinski definition) is 3. The van der Waals surface area contributed by atoms with Gasteiger partial charge < -0.3 is 15.3 Å². The van der Waals surface area contributed by atoms with Crippen molar-refractivity contribution in [3.8, 4) is 0 Å². The molecule has 2 fully saturated rings. The van der Waals surface area contributed by atoms with Gasteiger partial charge in [-0.05, 0) is 38.6 Å². The van der Waals surface area contributed by atoms with Gasteiger partial charge in [0.1, 0.15) is 0 Å². The molecule has 2 N–H and O–H groups in total. The normalized spacial score (nSPS) is 39.1. The molecule has 0 aliphatic carbocycles. The van der Waals surface area contributed by atoms with E-state index in [1.165, 1.54) is 0 Å². The lowest BCUT2D eigenvalue weighted by Gasteiger charge is -2.38. The molecular formula is C13H24N2O2. The fraction of sp³-hybridized carbons (Fsp3) is 0.923. The summed E-state index contributed by atoms with van der Waals surface area (Å²) in [7, 11) is 0. The molecule has 4 atom stereocenters. The third-order valence-electron chi connectivity index (χ3n) is 4.14. The van der Waals surface area contributed by atoms with E-state index in [0.29, 0.717) is 11.9 Å². The minimum absolute atomic E-state index is 0.189. The molecule has 2 saturated heterocycles. The second kappa shape index (κ2) is 5.36. The molecule has 98 valence electrons. The lowest BCUT2D eigenvalue weighted by atomic mass is 9.90. The third-order valence-corrected chi connectivity index (χ3v) is 4.14. The van der Waals surface area contributed by atoms with Gasteiger partial charge in [0.15, 0.2) is 0 Å². The molecule has 0 bridgehead atoms. The van der Waals surface area contributed by atoms with E-state index in [0.717, 1.165) is 38.9 Å². The van der Waals surface area contributed by atoms with Crippen molar-refractivity contribution < 1.29 is 9.90 Å². The van der Waals surface area contributed by atoms with Crippen LogP contribution in [0, 0.1) is 11.8 Å². The number of piperidine rings is 2. The molecule has 0 aromatic heterocycles. The first-order valence-corrected chi connectivity index (χ1v) is 6.78. The van der Waals surface area contributed by atoms with Gasteiger partial charge in [0.2, 0.25) is 5.91 Å². The monoisotopic (exact) mass is 240 g/mol. The van der Waals surface area contributed by atoms with E-state index in [9.17, 15) is 9.90 Å². The molecule has 0 spiro atoms. The second-order valence-corrected chi connectivity index (χ2v) is 5.69. The van der Waals surface area contributed by atoms with E-state index in [1.807, 2.05) is 11.8 Å². The topological polar surface area (TPSA) is 52.6 Å². The first kappa shape index (κ1) is 12.8. The Morgan fingerprint density at radius 3 is 2.76 bits per heavy atom. The van der Waals surface area contributed by atoms with Crippen LogP contribution in [0.25, 0.3) is 0 Å².